The molecule has 0 radical (unpaired) electrons. The number of carbonyl (C=O) groups excluding carboxylic acids is 1. The monoisotopic (exact) mass is 234 g/mol. The molecule has 0 saturated carbocycles. The highest BCUT2D eigenvalue weighted by molar-refractivity contribution is 5.73. The van der Waals surface area contributed by atoms with E-state index >= 15 is 0 Å². The number of likely N-dealkylation sites (tertiary alicyclic amines) is 1. The van der Waals surface area contributed by atoms with Crippen LogP contribution in [-0.4, -0.2) is 36.1 Å². The molecule has 17 heavy (non-hydrogen) atoms. The van der Waals surface area contributed by atoms with E-state index in [1.54, 1.807) is 6.20 Å². The van der Waals surface area contributed by atoms with Crippen molar-refractivity contribution in [2.24, 2.45) is 11.8 Å². The highest BCUT2D eigenvalue weighted by atomic mass is 16.5. The van der Waals surface area contributed by atoms with Crippen molar-refractivity contribution in [1.82, 2.24) is 9.88 Å². The predicted octanol–water partition coefficient (Wildman–Crippen LogP) is 1.32. The van der Waals surface area contributed by atoms with Gasteiger partial charge in [-0.1, -0.05) is 13.0 Å². The standard InChI is InChI=1S/C13H18N2O2/c1-10-7-15(9-12(10)13(16)17-2)8-11-5-3-4-6-14-11/h3-6,10,12H,7-9H2,1-2H3. The van der Waals surface area contributed by atoms with Crippen molar-refractivity contribution in [2.75, 3.05) is 20.2 Å². The zero-order valence-electron chi connectivity index (χ0n) is 10.3. The third-order valence-electron chi connectivity index (χ3n) is 3.30. The van der Waals surface area contributed by atoms with E-state index in [0.717, 1.165) is 25.3 Å². The minimum atomic E-state index is -0.0963. The zero-order valence-corrected chi connectivity index (χ0v) is 10.3. The Balaban J connectivity index is 1.95. The maximum atomic E-state index is 11.6. The van der Waals surface area contributed by atoms with Crippen LogP contribution in [0.4, 0.5) is 0 Å². The van der Waals surface area contributed by atoms with Crippen LogP contribution in [0, 0.1) is 11.8 Å². The molecule has 1 saturated heterocycles. The molecule has 2 heterocycles. The van der Waals surface area contributed by atoms with Crippen LogP contribution in [0.25, 0.3) is 0 Å². The molecule has 2 rings (SSSR count). The third kappa shape index (κ3) is 2.82. The Bertz CT molecular complexity index is 380. The summed E-state index contributed by atoms with van der Waals surface area (Å²) in [5.74, 6) is 0.260. The van der Waals surface area contributed by atoms with Gasteiger partial charge in [0.2, 0.25) is 0 Å². The summed E-state index contributed by atoms with van der Waals surface area (Å²) in [5, 5.41) is 0. The number of carbonyl (C=O) groups is 1. The Morgan fingerprint density at radius 1 is 1.53 bits per heavy atom. The predicted molar refractivity (Wildman–Crippen MR) is 64.2 cm³/mol. The van der Waals surface area contributed by atoms with Crippen LogP contribution in [0.1, 0.15) is 12.6 Å². The summed E-state index contributed by atoms with van der Waals surface area (Å²) in [6, 6.07) is 5.91. The van der Waals surface area contributed by atoms with Crippen LogP contribution in [0.2, 0.25) is 0 Å². The minimum Gasteiger partial charge on any atom is -0.469 e. The lowest BCUT2D eigenvalue weighted by Crippen LogP contribution is -2.24. The van der Waals surface area contributed by atoms with Crippen molar-refractivity contribution in [2.45, 2.75) is 13.5 Å². The minimum absolute atomic E-state index is 0.00344. The number of pyridine rings is 1. The Labute approximate surface area is 102 Å². The second-order valence-corrected chi connectivity index (χ2v) is 4.62. The molecule has 1 fully saturated rings. The van der Waals surface area contributed by atoms with Gasteiger partial charge in [0.05, 0.1) is 18.7 Å². The van der Waals surface area contributed by atoms with Crippen LogP contribution >= 0.6 is 0 Å². The molecule has 1 aliphatic rings. The molecule has 0 N–H and O–H groups in total. The van der Waals surface area contributed by atoms with E-state index in [0.29, 0.717) is 5.92 Å². The summed E-state index contributed by atoms with van der Waals surface area (Å²) in [6.45, 7) is 4.60. The van der Waals surface area contributed by atoms with Gasteiger partial charge in [0, 0.05) is 25.8 Å². The maximum absolute atomic E-state index is 11.6. The summed E-state index contributed by atoms with van der Waals surface area (Å²) >= 11 is 0. The normalized spacial score (nSPS) is 24.8. The van der Waals surface area contributed by atoms with Crippen molar-refractivity contribution in [3.63, 3.8) is 0 Å². The molecular weight excluding hydrogens is 216 g/mol. The largest absolute Gasteiger partial charge is 0.469 e. The molecule has 2 atom stereocenters. The van der Waals surface area contributed by atoms with Gasteiger partial charge >= 0.3 is 5.97 Å². The Hall–Kier alpha value is -1.42. The van der Waals surface area contributed by atoms with E-state index in [-0.39, 0.29) is 11.9 Å². The number of nitrogens with zero attached hydrogens (tertiary/aromatic N) is 2. The highest BCUT2D eigenvalue weighted by Crippen LogP contribution is 2.24. The molecular formula is C13H18N2O2. The number of esters is 1. The van der Waals surface area contributed by atoms with Gasteiger partial charge in [0.15, 0.2) is 0 Å². The molecule has 92 valence electrons. The van der Waals surface area contributed by atoms with Gasteiger partial charge in [-0.15, -0.1) is 0 Å². The number of rotatable bonds is 3. The topological polar surface area (TPSA) is 42.4 Å². The van der Waals surface area contributed by atoms with Gasteiger partial charge in [0.25, 0.3) is 0 Å². The molecule has 0 aliphatic carbocycles. The zero-order chi connectivity index (χ0) is 12.3. The lowest BCUT2D eigenvalue weighted by molar-refractivity contribution is -0.146. The van der Waals surface area contributed by atoms with Crippen molar-refractivity contribution >= 4 is 5.97 Å². The van der Waals surface area contributed by atoms with Gasteiger partial charge in [-0.05, 0) is 18.1 Å². The van der Waals surface area contributed by atoms with Crippen LogP contribution < -0.4 is 0 Å². The lowest BCUT2D eigenvalue weighted by atomic mass is 9.99. The van der Waals surface area contributed by atoms with E-state index in [1.807, 2.05) is 18.2 Å². The highest BCUT2D eigenvalue weighted by Gasteiger charge is 2.35. The fourth-order valence-electron chi connectivity index (χ4n) is 2.38. The number of methoxy groups -OCH3 is 1. The molecule has 1 aromatic rings. The van der Waals surface area contributed by atoms with Crippen LogP contribution in [0.5, 0.6) is 0 Å². The van der Waals surface area contributed by atoms with E-state index < -0.39 is 0 Å². The number of aromatic nitrogens is 1. The van der Waals surface area contributed by atoms with Gasteiger partial charge < -0.3 is 4.74 Å². The number of hydrogen-bond donors (Lipinski definition) is 0. The molecule has 1 aliphatic heterocycles. The summed E-state index contributed by atoms with van der Waals surface area (Å²) in [4.78, 5) is 18.1. The van der Waals surface area contributed by atoms with Crippen molar-refractivity contribution in [1.29, 1.82) is 0 Å². The van der Waals surface area contributed by atoms with Crippen molar-refractivity contribution in [3.05, 3.63) is 30.1 Å². The summed E-state index contributed by atoms with van der Waals surface area (Å²) in [7, 11) is 1.45. The Morgan fingerprint density at radius 3 is 3.00 bits per heavy atom. The molecule has 0 spiro atoms. The van der Waals surface area contributed by atoms with Gasteiger partial charge in [-0.25, -0.2) is 0 Å². The molecule has 0 aromatic carbocycles. The quantitative estimate of drug-likeness (QED) is 0.740. The third-order valence-corrected chi connectivity index (χ3v) is 3.30. The second kappa shape index (κ2) is 5.27. The van der Waals surface area contributed by atoms with Crippen LogP contribution in [-0.2, 0) is 16.1 Å². The maximum Gasteiger partial charge on any atom is 0.310 e. The summed E-state index contributed by atoms with van der Waals surface area (Å²) in [6.07, 6.45) is 1.80. The van der Waals surface area contributed by atoms with Gasteiger partial charge in [-0.3, -0.25) is 14.7 Å². The van der Waals surface area contributed by atoms with Crippen molar-refractivity contribution in [3.8, 4) is 0 Å². The molecule has 4 nitrogen and oxygen atoms in total. The first-order chi connectivity index (χ1) is 8.20. The van der Waals surface area contributed by atoms with Crippen LogP contribution in [0.3, 0.4) is 0 Å². The fourth-order valence-corrected chi connectivity index (χ4v) is 2.38. The Morgan fingerprint density at radius 2 is 2.35 bits per heavy atom. The van der Waals surface area contributed by atoms with Gasteiger partial charge in [0.1, 0.15) is 0 Å². The molecule has 0 bridgehead atoms. The van der Waals surface area contributed by atoms with E-state index in [9.17, 15) is 4.79 Å². The summed E-state index contributed by atoms with van der Waals surface area (Å²) < 4.78 is 4.82. The SMILES string of the molecule is COC(=O)C1CN(Cc2ccccn2)CC1C. The van der Waals surface area contributed by atoms with E-state index in [2.05, 4.69) is 16.8 Å². The van der Waals surface area contributed by atoms with E-state index in [1.165, 1.54) is 7.11 Å². The average Bonchev–Trinajstić information content (AvgIpc) is 2.70. The fraction of sp³-hybridized carbons (Fsp3) is 0.538. The number of ether oxygens (including phenoxy) is 1. The smallest absolute Gasteiger partial charge is 0.310 e. The Kier molecular flexibility index (Phi) is 3.74. The average molecular weight is 234 g/mol. The molecule has 1 aromatic heterocycles. The lowest BCUT2D eigenvalue weighted by Gasteiger charge is -2.14. The first-order valence-electron chi connectivity index (χ1n) is 5.91. The van der Waals surface area contributed by atoms with Gasteiger partial charge in [-0.2, -0.15) is 0 Å². The summed E-state index contributed by atoms with van der Waals surface area (Å²) in [5.41, 5.74) is 1.05. The number of hydrogen-bond acceptors (Lipinski definition) is 4. The van der Waals surface area contributed by atoms with E-state index in [4.69, 9.17) is 4.74 Å². The first kappa shape index (κ1) is 12.0. The molecule has 4 heteroatoms. The molecule has 2 unspecified atom stereocenters. The van der Waals surface area contributed by atoms with Crippen molar-refractivity contribution < 1.29 is 9.53 Å². The first-order valence-corrected chi connectivity index (χ1v) is 5.91. The molecule has 0 amide bonds. The van der Waals surface area contributed by atoms with Crippen LogP contribution in [0.15, 0.2) is 24.4 Å². The second-order valence-electron chi connectivity index (χ2n) is 4.62.